The van der Waals surface area contributed by atoms with Gasteiger partial charge in [-0.25, -0.2) is 4.68 Å². The Morgan fingerprint density at radius 1 is 1.08 bits per heavy atom. The molecule has 7 nitrogen and oxygen atoms in total. The Kier molecular flexibility index (Phi) is 4.78. The molecule has 4 rings (SSSR count). The summed E-state index contributed by atoms with van der Waals surface area (Å²) in [6, 6.07) is 3.76. The zero-order valence-corrected chi connectivity index (χ0v) is 14.9. The predicted molar refractivity (Wildman–Crippen MR) is 95.6 cm³/mol. The Hall–Kier alpha value is -2.18. The van der Waals surface area contributed by atoms with Crippen molar-refractivity contribution in [1.82, 2.24) is 20.4 Å². The van der Waals surface area contributed by atoms with Crippen LogP contribution in [0, 0.1) is 5.92 Å². The highest BCUT2D eigenvalue weighted by Gasteiger charge is 2.30. The molecule has 0 aromatic carbocycles. The third-order valence-electron chi connectivity index (χ3n) is 5.85. The maximum Gasteiger partial charge on any atom is 0.267 e. The van der Waals surface area contributed by atoms with E-state index in [1.165, 1.54) is 12.8 Å². The number of carbonyl (C=O) groups excluding carboxylic acids is 2. The van der Waals surface area contributed by atoms with Gasteiger partial charge in [0.1, 0.15) is 0 Å². The van der Waals surface area contributed by atoms with Crippen molar-refractivity contribution in [3.63, 3.8) is 0 Å². The highest BCUT2D eigenvalue weighted by molar-refractivity contribution is 5.87. The van der Waals surface area contributed by atoms with Crippen molar-refractivity contribution >= 4 is 11.8 Å². The standard InChI is InChI=1S/C19H26N4O3/c24-17-11-13(9-10-20-17)19(26)21-14-3-5-15(6-4-14)23-18(25)8-7-16(22-23)12-1-2-12/h7-8,12-15H,1-6,9-11H2,(H,20,24)(H,21,26). The molecule has 140 valence electrons. The molecule has 26 heavy (non-hydrogen) atoms. The highest BCUT2D eigenvalue weighted by Crippen LogP contribution is 2.38. The molecule has 3 fully saturated rings. The van der Waals surface area contributed by atoms with Crippen molar-refractivity contribution in [2.24, 2.45) is 5.92 Å². The summed E-state index contributed by atoms with van der Waals surface area (Å²) in [6.45, 7) is 0.579. The van der Waals surface area contributed by atoms with Gasteiger partial charge in [-0.2, -0.15) is 5.10 Å². The second-order valence-corrected chi connectivity index (χ2v) is 7.87. The molecule has 1 aromatic rings. The van der Waals surface area contributed by atoms with Gasteiger partial charge in [0.25, 0.3) is 5.56 Å². The van der Waals surface area contributed by atoms with Crippen LogP contribution in [0.1, 0.15) is 69.0 Å². The molecule has 7 heteroatoms. The lowest BCUT2D eigenvalue weighted by molar-refractivity contribution is -0.133. The van der Waals surface area contributed by atoms with E-state index < -0.39 is 0 Å². The summed E-state index contributed by atoms with van der Waals surface area (Å²) in [5.74, 6) is 0.279. The minimum Gasteiger partial charge on any atom is -0.356 e. The van der Waals surface area contributed by atoms with Gasteiger partial charge < -0.3 is 10.6 Å². The molecule has 2 aliphatic carbocycles. The summed E-state index contributed by atoms with van der Waals surface area (Å²) in [5.41, 5.74) is 1.01. The SMILES string of the molecule is O=C1CC(C(=O)NC2CCC(n3nc(C4CC4)ccc3=O)CC2)CCN1. The first kappa shape index (κ1) is 17.2. The van der Waals surface area contributed by atoms with Crippen molar-refractivity contribution in [1.29, 1.82) is 0 Å². The Bertz CT molecular complexity index is 747. The van der Waals surface area contributed by atoms with E-state index in [0.29, 0.717) is 18.9 Å². The molecule has 2 amide bonds. The molecule has 1 unspecified atom stereocenters. The maximum atomic E-state index is 12.4. The molecule has 1 aromatic heterocycles. The number of rotatable bonds is 4. The molecule has 1 aliphatic heterocycles. The summed E-state index contributed by atoms with van der Waals surface area (Å²) in [4.78, 5) is 36.0. The second-order valence-electron chi connectivity index (χ2n) is 7.87. The molecule has 0 spiro atoms. The van der Waals surface area contributed by atoms with Crippen LogP contribution in [0.15, 0.2) is 16.9 Å². The van der Waals surface area contributed by atoms with Crippen molar-refractivity contribution < 1.29 is 9.59 Å². The van der Waals surface area contributed by atoms with E-state index in [1.54, 1.807) is 10.7 Å². The largest absolute Gasteiger partial charge is 0.356 e. The Balaban J connectivity index is 1.33. The van der Waals surface area contributed by atoms with E-state index in [2.05, 4.69) is 15.7 Å². The average Bonchev–Trinajstić information content (AvgIpc) is 3.48. The zero-order valence-electron chi connectivity index (χ0n) is 14.9. The summed E-state index contributed by atoms with van der Waals surface area (Å²) in [6.07, 6.45) is 6.71. The van der Waals surface area contributed by atoms with Crippen LogP contribution in [0.2, 0.25) is 0 Å². The van der Waals surface area contributed by atoms with Crippen LogP contribution in [0.4, 0.5) is 0 Å². The highest BCUT2D eigenvalue weighted by atomic mass is 16.2. The Morgan fingerprint density at radius 2 is 1.85 bits per heavy atom. The monoisotopic (exact) mass is 358 g/mol. The summed E-state index contributed by atoms with van der Waals surface area (Å²) in [7, 11) is 0. The van der Waals surface area contributed by atoms with Crippen LogP contribution in [-0.2, 0) is 9.59 Å². The molecular formula is C19H26N4O3. The van der Waals surface area contributed by atoms with Crippen LogP contribution in [-0.4, -0.2) is 34.2 Å². The molecule has 1 atom stereocenters. The van der Waals surface area contributed by atoms with Gasteiger partial charge in [-0.05, 0) is 51.0 Å². The predicted octanol–water partition coefficient (Wildman–Crippen LogP) is 1.25. The lowest BCUT2D eigenvalue weighted by atomic mass is 9.90. The first-order valence-corrected chi connectivity index (χ1v) is 9.77. The number of hydrogen-bond donors (Lipinski definition) is 2. The van der Waals surface area contributed by atoms with Gasteiger partial charge in [0, 0.05) is 36.9 Å². The lowest BCUT2D eigenvalue weighted by Crippen LogP contribution is -2.45. The van der Waals surface area contributed by atoms with Crippen molar-refractivity contribution in [3.8, 4) is 0 Å². The normalized spacial score (nSPS) is 29.1. The van der Waals surface area contributed by atoms with Crippen LogP contribution >= 0.6 is 0 Å². The van der Waals surface area contributed by atoms with Gasteiger partial charge in [0.15, 0.2) is 0 Å². The first-order valence-electron chi connectivity index (χ1n) is 9.77. The summed E-state index contributed by atoms with van der Waals surface area (Å²) in [5, 5.41) is 10.5. The quantitative estimate of drug-likeness (QED) is 0.847. The van der Waals surface area contributed by atoms with Crippen molar-refractivity contribution in [2.75, 3.05) is 6.54 Å². The van der Waals surface area contributed by atoms with E-state index in [1.807, 2.05) is 6.07 Å². The van der Waals surface area contributed by atoms with Crippen LogP contribution in [0.25, 0.3) is 0 Å². The van der Waals surface area contributed by atoms with Crippen LogP contribution < -0.4 is 16.2 Å². The molecule has 1 saturated heterocycles. The number of amides is 2. The molecule has 3 aliphatic rings. The number of piperidine rings is 1. The summed E-state index contributed by atoms with van der Waals surface area (Å²) < 4.78 is 1.66. The fraction of sp³-hybridized carbons (Fsp3) is 0.684. The molecule has 2 heterocycles. The zero-order chi connectivity index (χ0) is 18.1. The van der Waals surface area contributed by atoms with Crippen molar-refractivity contribution in [2.45, 2.75) is 69.4 Å². The number of carbonyl (C=O) groups is 2. The number of hydrogen-bond acceptors (Lipinski definition) is 4. The Labute approximate surface area is 152 Å². The molecular weight excluding hydrogens is 332 g/mol. The van der Waals surface area contributed by atoms with Crippen LogP contribution in [0.3, 0.4) is 0 Å². The number of nitrogens with zero attached hydrogens (tertiary/aromatic N) is 2. The lowest BCUT2D eigenvalue weighted by Gasteiger charge is -2.31. The van der Waals surface area contributed by atoms with E-state index in [-0.39, 0.29) is 41.8 Å². The smallest absolute Gasteiger partial charge is 0.267 e. The molecule has 2 saturated carbocycles. The summed E-state index contributed by atoms with van der Waals surface area (Å²) >= 11 is 0. The second kappa shape index (κ2) is 7.21. The fourth-order valence-electron chi connectivity index (χ4n) is 4.09. The van der Waals surface area contributed by atoms with E-state index in [4.69, 9.17) is 0 Å². The molecule has 0 bridgehead atoms. The van der Waals surface area contributed by atoms with Gasteiger partial charge in [0.2, 0.25) is 11.8 Å². The number of aromatic nitrogens is 2. The molecule has 2 N–H and O–H groups in total. The third-order valence-corrected chi connectivity index (χ3v) is 5.85. The number of nitrogens with one attached hydrogen (secondary N) is 2. The van der Waals surface area contributed by atoms with Gasteiger partial charge in [0.05, 0.1) is 11.7 Å². The topological polar surface area (TPSA) is 93.1 Å². The van der Waals surface area contributed by atoms with Gasteiger partial charge >= 0.3 is 0 Å². The average molecular weight is 358 g/mol. The van der Waals surface area contributed by atoms with Gasteiger partial charge in [-0.15, -0.1) is 0 Å². The minimum absolute atomic E-state index is 0.00526. The van der Waals surface area contributed by atoms with E-state index in [0.717, 1.165) is 31.4 Å². The Morgan fingerprint density at radius 3 is 2.54 bits per heavy atom. The van der Waals surface area contributed by atoms with E-state index in [9.17, 15) is 14.4 Å². The van der Waals surface area contributed by atoms with Gasteiger partial charge in [-0.3, -0.25) is 14.4 Å². The van der Waals surface area contributed by atoms with Crippen molar-refractivity contribution in [3.05, 3.63) is 28.2 Å². The fourth-order valence-corrected chi connectivity index (χ4v) is 4.09. The first-order chi connectivity index (χ1) is 12.6. The third kappa shape index (κ3) is 3.81. The molecule has 0 radical (unpaired) electrons. The maximum absolute atomic E-state index is 12.4. The van der Waals surface area contributed by atoms with Crippen LogP contribution in [0.5, 0.6) is 0 Å². The minimum atomic E-state index is -0.207. The van der Waals surface area contributed by atoms with E-state index >= 15 is 0 Å². The van der Waals surface area contributed by atoms with Gasteiger partial charge in [-0.1, -0.05) is 0 Å².